The maximum atomic E-state index is 12.6. The predicted molar refractivity (Wildman–Crippen MR) is 96.9 cm³/mol. The monoisotopic (exact) mass is 359 g/mol. The van der Waals surface area contributed by atoms with Gasteiger partial charge in [0.15, 0.2) is 0 Å². The second-order valence-electron chi connectivity index (χ2n) is 8.49. The van der Waals surface area contributed by atoms with E-state index in [1.807, 2.05) is 0 Å². The third-order valence-corrected chi connectivity index (χ3v) is 6.71. The molecule has 142 valence electrons. The number of carbonyl (C=O) groups excluding carboxylic acids is 3. The van der Waals surface area contributed by atoms with Gasteiger partial charge in [-0.2, -0.15) is 0 Å². The molecule has 2 heterocycles. The first-order valence-corrected chi connectivity index (χ1v) is 10.1. The number of fused-ring (bicyclic) bond motifs is 5. The fourth-order valence-electron chi connectivity index (χ4n) is 5.14. The van der Waals surface area contributed by atoms with Crippen molar-refractivity contribution in [3.63, 3.8) is 0 Å². The zero-order valence-electron chi connectivity index (χ0n) is 15.5. The van der Waals surface area contributed by atoms with Gasteiger partial charge in [-0.3, -0.25) is 19.3 Å². The van der Waals surface area contributed by atoms with E-state index in [1.165, 1.54) is 17.7 Å². The Bertz CT molecular complexity index is 594. The summed E-state index contributed by atoms with van der Waals surface area (Å²) in [5, 5.41) is 2.88. The average molecular weight is 359 g/mol. The van der Waals surface area contributed by atoms with E-state index in [9.17, 15) is 14.4 Å². The quantitative estimate of drug-likeness (QED) is 0.437. The third kappa shape index (κ3) is 3.20. The van der Waals surface area contributed by atoms with Gasteiger partial charge in [0.25, 0.3) is 0 Å². The van der Waals surface area contributed by atoms with Gasteiger partial charge in [0.05, 0.1) is 11.8 Å². The molecule has 0 unspecified atom stereocenters. The minimum Gasteiger partial charge on any atom is -0.354 e. The molecule has 1 saturated carbocycles. The lowest BCUT2D eigenvalue weighted by Gasteiger charge is -2.30. The lowest BCUT2D eigenvalue weighted by atomic mass is 9.85. The third-order valence-electron chi connectivity index (χ3n) is 6.71. The number of nitrogens with one attached hydrogen (secondary N) is 1. The first-order valence-electron chi connectivity index (χ1n) is 10.1. The number of allylic oxidation sites excluding steroid dienone is 2. The smallest absolute Gasteiger partial charge is 0.240 e. The van der Waals surface area contributed by atoms with E-state index < -0.39 is 0 Å². The maximum absolute atomic E-state index is 12.6. The normalized spacial score (nSPS) is 34.0. The van der Waals surface area contributed by atoms with Crippen LogP contribution >= 0.6 is 0 Å². The van der Waals surface area contributed by atoms with Crippen LogP contribution in [0.15, 0.2) is 12.2 Å². The molecular weight excluding hydrogens is 330 g/mol. The van der Waals surface area contributed by atoms with Gasteiger partial charge < -0.3 is 10.2 Å². The van der Waals surface area contributed by atoms with Gasteiger partial charge in [0.1, 0.15) is 6.54 Å². The first kappa shape index (κ1) is 17.7. The van der Waals surface area contributed by atoms with Crippen molar-refractivity contribution in [2.24, 2.45) is 29.6 Å². The van der Waals surface area contributed by atoms with Gasteiger partial charge in [0, 0.05) is 6.54 Å². The number of hydrogen-bond donors (Lipinski definition) is 1. The zero-order valence-corrected chi connectivity index (χ0v) is 15.5. The molecule has 0 aromatic rings. The molecule has 0 spiro atoms. The zero-order chi connectivity index (χ0) is 18.3. The average Bonchev–Trinajstić information content (AvgIpc) is 3.30. The number of rotatable bonds is 6. The van der Waals surface area contributed by atoms with Gasteiger partial charge in [-0.1, -0.05) is 19.1 Å². The summed E-state index contributed by atoms with van der Waals surface area (Å²) in [6, 6.07) is 0. The van der Waals surface area contributed by atoms with Gasteiger partial charge in [-0.25, -0.2) is 0 Å². The van der Waals surface area contributed by atoms with Crippen molar-refractivity contribution in [3.8, 4) is 0 Å². The number of hydrogen-bond acceptors (Lipinski definition) is 4. The summed E-state index contributed by atoms with van der Waals surface area (Å²) >= 11 is 0. The molecule has 4 atom stereocenters. The van der Waals surface area contributed by atoms with Gasteiger partial charge in [-0.15, -0.1) is 0 Å². The molecule has 26 heavy (non-hydrogen) atoms. The molecule has 0 aromatic heterocycles. The van der Waals surface area contributed by atoms with Crippen molar-refractivity contribution in [2.75, 3.05) is 32.7 Å². The van der Waals surface area contributed by atoms with Crippen LogP contribution in [0.3, 0.4) is 0 Å². The highest BCUT2D eigenvalue weighted by Gasteiger charge is 2.59. The summed E-state index contributed by atoms with van der Waals surface area (Å²) in [5.41, 5.74) is 0. The molecule has 2 bridgehead atoms. The molecular formula is C20H29N3O3. The topological polar surface area (TPSA) is 69.7 Å². The lowest BCUT2D eigenvalue weighted by Crippen LogP contribution is -2.42. The number of carbonyl (C=O) groups is 3. The number of amides is 3. The molecule has 2 saturated heterocycles. The second-order valence-corrected chi connectivity index (χ2v) is 8.49. The van der Waals surface area contributed by atoms with Crippen LogP contribution in [0.2, 0.25) is 0 Å². The molecule has 3 amide bonds. The molecule has 4 aliphatic rings. The minimum absolute atomic E-state index is 0.120. The van der Waals surface area contributed by atoms with Crippen LogP contribution in [0.5, 0.6) is 0 Å². The Morgan fingerprint density at radius 2 is 1.73 bits per heavy atom. The Hall–Kier alpha value is -1.69. The summed E-state index contributed by atoms with van der Waals surface area (Å²) in [4.78, 5) is 41.0. The van der Waals surface area contributed by atoms with E-state index in [4.69, 9.17) is 0 Å². The molecule has 6 heteroatoms. The van der Waals surface area contributed by atoms with Crippen molar-refractivity contribution >= 4 is 17.7 Å². The highest BCUT2D eigenvalue weighted by molar-refractivity contribution is 6.08. The molecule has 2 aliphatic carbocycles. The van der Waals surface area contributed by atoms with Crippen LogP contribution in [0.25, 0.3) is 0 Å². The van der Waals surface area contributed by atoms with Crippen LogP contribution in [0, 0.1) is 29.6 Å². The van der Waals surface area contributed by atoms with Gasteiger partial charge >= 0.3 is 0 Å². The molecule has 0 radical (unpaired) electrons. The Morgan fingerprint density at radius 1 is 1.12 bits per heavy atom. The van der Waals surface area contributed by atoms with E-state index in [2.05, 4.69) is 29.3 Å². The Labute approximate surface area is 155 Å². The van der Waals surface area contributed by atoms with Crippen LogP contribution in [-0.4, -0.2) is 60.2 Å². The largest absolute Gasteiger partial charge is 0.354 e. The van der Waals surface area contributed by atoms with Crippen molar-refractivity contribution in [1.82, 2.24) is 15.1 Å². The van der Waals surface area contributed by atoms with Gasteiger partial charge in [0.2, 0.25) is 17.7 Å². The molecule has 6 nitrogen and oxygen atoms in total. The van der Waals surface area contributed by atoms with E-state index in [1.54, 1.807) is 0 Å². The summed E-state index contributed by atoms with van der Waals surface area (Å²) in [5.74, 6) is 0.275. The summed E-state index contributed by atoms with van der Waals surface area (Å²) < 4.78 is 0. The van der Waals surface area contributed by atoms with Crippen molar-refractivity contribution in [1.29, 1.82) is 0 Å². The van der Waals surface area contributed by atoms with Crippen molar-refractivity contribution in [3.05, 3.63) is 12.2 Å². The van der Waals surface area contributed by atoms with Crippen LogP contribution in [0.4, 0.5) is 0 Å². The molecule has 0 aromatic carbocycles. The molecule has 3 fully saturated rings. The summed E-state index contributed by atoms with van der Waals surface area (Å²) in [7, 11) is 0. The van der Waals surface area contributed by atoms with Crippen LogP contribution in [-0.2, 0) is 14.4 Å². The molecule has 1 N–H and O–H groups in total. The summed E-state index contributed by atoms with van der Waals surface area (Å²) in [6.45, 7) is 6.06. The number of piperidine rings is 1. The highest BCUT2D eigenvalue weighted by atomic mass is 16.2. The van der Waals surface area contributed by atoms with Crippen LogP contribution < -0.4 is 5.32 Å². The summed E-state index contributed by atoms with van der Waals surface area (Å²) in [6.07, 6.45) is 8.47. The standard InChI is InChI=1S/C20H29N3O3/c1-13-5-9-22(10-6-13)8-2-7-21-16(24)12-23-19(25)17-14-3-4-15(11-14)18(17)20(23)26/h3-4,13-15,17-18H,2,5-12H2,1H3,(H,21,24)/t14-,15-,17-,18-/m0/s1. The highest BCUT2D eigenvalue weighted by Crippen LogP contribution is 2.52. The Kier molecular flexibility index (Phi) is 4.86. The van der Waals surface area contributed by atoms with E-state index >= 15 is 0 Å². The Balaban J connectivity index is 1.20. The minimum atomic E-state index is -0.223. The molecule has 4 rings (SSSR count). The van der Waals surface area contributed by atoms with E-state index in [0.717, 1.165) is 38.4 Å². The number of likely N-dealkylation sites (tertiary alicyclic amines) is 2. The first-order chi connectivity index (χ1) is 12.5. The molecule has 2 aliphatic heterocycles. The second kappa shape index (κ2) is 7.14. The van der Waals surface area contributed by atoms with Crippen LogP contribution in [0.1, 0.15) is 32.6 Å². The van der Waals surface area contributed by atoms with Crippen molar-refractivity contribution in [2.45, 2.75) is 32.6 Å². The Morgan fingerprint density at radius 3 is 2.35 bits per heavy atom. The van der Waals surface area contributed by atoms with Crippen molar-refractivity contribution < 1.29 is 14.4 Å². The lowest BCUT2D eigenvalue weighted by molar-refractivity contribution is -0.144. The van der Waals surface area contributed by atoms with Gasteiger partial charge in [-0.05, 0) is 63.1 Å². The predicted octanol–water partition coefficient (Wildman–Crippen LogP) is 1.03. The maximum Gasteiger partial charge on any atom is 0.240 e. The SMILES string of the molecule is CC1CCN(CCCNC(=O)CN2C(=O)[C@@H]3[C@@H](C2=O)[C@H]2C=C[C@H]3C2)CC1. The number of imide groups is 1. The number of nitrogens with zero attached hydrogens (tertiary/aromatic N) is 2. The van der Waals surface area contributed by atoms with E-state index in [-0.39, 0.29) is 47.9 Å². The fraction of sp³-hybridized carbons (Fsp3) is 0.750. The van der Waals surface area contributed by atoms with E-state index in [0.29, 0.717) is 6.54 Å². The fourth-order valence-corrected chi connectivity index (χ4v) is 5.14.